The van der Waals surface area contributed by atoms with E-state index in [0.717, 1.165) is 22.3 Å². The molecule has 0 aliphatic rings. The van der Waals surface area contributed by atoms with E-state index in [2.05, 4.69) is 20.3 Å². The van der Waals surface area contributed by atoms with E-state index in [0.29, 0.717) is 5.69 Å². The van der Waals surface area contributed by atoms with Crippen LogP contribution in [-0.2, 0) is 4.79 Å². The number of amides is 1. The Labute approximate surface area is 120 Å². The van der Waals surface area contributed by atoms with Crippen LogP contribution in [0.15, 0.2) is 42.9 Å². The van der Waals surface area contributed by atoms with E-state index in [1.807, 2.05) is 36.5 Å². The van der Waals surface area contributed by atoms with Crippen LogP contribution >= 0.6 is 11.6 Å². The first kappa shape index (κ1) is 12.6. The number of aromatic nitrogens is 3. The highest BCUT2D eigenvalue weighted by Gasteiger charge is 2.08. The lowest BCUT2D eigenvalue weighted by atomic mass is 10.1. The van der Waals surface area contributed by atoms with Crippen molar-refractivity contribution >= 4 is 34.2 Å². The average Bonchev–Trinajstić information content (AvgIpc) is 2.95. The number of aromatic amines is 1. The van der Waals surface area contributed by atoms with Crippen molar-refractivity contribution in [1.82, 2.24) is 15.0 Å². The normalized spacial score (nSPS) is 10.7. The predicted molar refractivity (Wildman–Crippen MR) is 78.7 cm³/mol. The van der Waals surface area contributed by atoms with E-state index in [1.165, 1.54) is 6.33 Å². The van der Waals surface area contributed by atoms with Gasteiger partial charge in [0.25, 0.3) is 0 Å². The Hall–Kier alpha value is -2.40. The molecule has 3 aromatic rings. The Morgan fingerprint density at radius 3 is 3.05 bits per heavy atom. The van der Waals surface area contributed by atoms with E-state index in [1.54, 1.807) is 0 Å². The summed E-state index contributed by atoms with van der Waals surface area (Å²) < 4.78 is 0. The van der Waals surface area contributed by atoms with E-state index >= 15 is 0 Å². The Kier molecular flexibility index (Phi) is 3.35. The Morgan fingerprint density at radius 2 is 2.20 bits per heavy atom. The topological polar surface area (TPSA) is 70.7 Å². The molecule has 3 rings (SSSR count). The molecule has 0 spiro atoms. The van der Waals surface area contributed by atoms with Crippen LogP contribution in [0.5, 0.6) is 0 Å². The molecule has 6 heteroatoms. The van der Waals surface area contributed by atoms with Crippen molar-refractivity contribution in [2.24, 2.45) is 0 Å². The van der Waals surface area contributed by atoms with Gasteiger partial charge in [-0.05, 0) is 18.2 Å². The lowest BCUT2D eigenvalue weighted by Crippen LogP contribution is -2.12. The van der Waals surface area contributed by atoms with Gasteiger partial charge in [0.1, 0.15) is 17.9 Å². The molecule has 2 heterocycles. The number of halogens is 1. The summed E-state index contributed by atoms with van der Waals surface area (Å²) in [7, 11) is 0. The number of anilines is 1. The number of nitrogens with zero attached hydrogens (tertiary/aromatic N) is 2. The summed E-state index contributed by atoms with van der Waals surface area (Å²) in [5.41, 5.74) is 3.20. The third kappa shape index (κ3) is 2.35. The maximum absolute atomic E-state index is 11.3. The summed E-state index contributed by atoms with van der Waals surface area (Å²) in [6.07, 6.45) is 3.33. The fourth-order valence-electron chi connectivity index (χ4n) is 2.04. The fourth-order valence-corrected chi connectivity index (χ4v) is 2.11. The number of nitrogens with one attached hydrogen (secondary N) is 2. The monoisotopic (exact) mass is 286 g/mol. The molecule has 1 amide bonds. The molecule has 5 nitrogen and oxygen atoms in total. The van der Waals surface area contributed by atoms with E-state index < -0.39 is 0 Å². The largest absolute Gasteiger partial charge is 0.346 e. The van der Waals surface area contributed by atoms with Gasteiger partial charge in [-0.3, -0.25) is 4.79 Å². The first-order chi connectivity index (χ1) is 9.78. The highest BCUT2D eigenvalue weighted by atomic mass is 35.5. The van der Waals surface area contributed by atoms with Crippen LogP contribution in [0.1, 0.15) is 0 Å². The molecule has 0 saturated carbocycles. The third-order valence-corrected chi connectivity index (χ3v) is 3.14. The molecule has 2 N–H and O–H groups in total. The molecule has 20 heavy (non-hydrogen) atoms. The van der Waals surface area contributed by atoms with Gasteiger partial charge in [-0.1, -0.05) is 12.1 Å². The molecule has 1 aromatic carbocycles. The lowest BCUT2D eigenvalue weighted by molar-refractivity contribution is -0.113. The van der Waals surface area contributed by atoms with Crippen LogP contribution in [-0.4, -0.2) is 26.7 Å². The van der Waals surface area contributed by atoms with Crippen molar-refractivity contribution in [3.8, 4) is 11.3 Å². The van der Waals surface area contributed by atoms with Crippen LogP contribution in [0.3, 0.4) is 0 Å². The van der Waals surface area contributed by atoms with Gasteiger partial charge in [0, 0.05) is 22.8 Å². The molecular weight excluding hydrogens is 276 g/mol. The molecule has 0 radical (unpaired) electrons. The zero-order valence-corrected chi connectivity index (χ0v) is 11.2. The molecular formula is C14H11ClN4O. The zero-order valence-electron chi connectivity index (χ0n) is 10.4. The van der Waals surface area contributed by atoms with Gasteiger partial charge >= 0.3 is 0 Å². The minimum atomic E-state index is -0.238. The molecule has 0 unspecified atom stereocenters. The second kappa shape index (κ2) is 5.30. The highest BCUT2D eigenvalue weighted by molar-refractivity contribution is 6.29. The van der Waals surface area contributed by atoms with Crippen molar-refractivity contribution in [1.29, 1.82) is 0 Å². The molecule has 0 aliphatic heterocycles. The van der Waals surface area contributed by atoms with E-state index in [-0.39, 0.29) is 11.8 Å². The van der Waals surface area contributed by atoms with Crippen LogP contribution in [0, 0.1) is 0 Å². The van der Waals surface area contributed by atoms with Crippen molar-refractivity contribution in [2.75, 3.05) is 11.2 Å². The van der Waals surface area contributed by atoms with Gasteiger partial charge in [0.15, 0.2) is 0 Å². The molecule has 0 bridgehead atoms. The highest BCUT2D eigenvalue weighted by Crippen LogP contribution is 2.26. The standard InChI is InChI=1S/C14H11ClN4O/c15-7-12(20)19-10-3-1-2-9(6-10)13-11-4-5-16-14(11)18-8-17-13/h1-6,8H,7H2,(H,19,20)(H,16,17,18). The predicted octanol–water partition coefficient (Wildman–Crippen LogP) is 2.80. The number of H-pyrrole nitrogens is 1. The quantitative estimate of drug-likeness (QED) is 0.727. The number of alkyl halides is 1. The second-order valence-electron chi connectivity index (χ2n) is 4.22. The summed E-state index contributed by atoms with van der Waals surface area (Å²) in [6, 6.07) is 9.39. The second-order valence-corrected chi connectivity index (χ2v) is 4.49. The number of carbonyl (C=O) groups is 1. The summed E-state index contributed by atoms with van der Waals surface area (Å²) >= 11 is 5.49. The fraction of sp³-hybridized carbons (Fsp3) is 0.0714. The van der Waals surface area contributed by atoms with Gasteiger partial charge in [-0.25, -0.2) is 9.97 Å². The van der Waals surface area contributed by atoms with Crippen molar-refractivity contribution in [2.45, 2.75) is 0 Å². The number of rotatable bonds is 3. The first-order valence-corrected chi connectivity index (χ1v) is 6.56. The molecule has 0 fully saturated rings. The Balaban J connectivity index is 2.04. The summed E-state index contributed by atoms with van der Waals surface area (Å²) in [6.45, 7) is 0. The van der Waals surface area contributed by atoms with Crippen LogP contribution in [0.25, 0.3) is 22.3 Å². The average molecular weight is 287 g/mol. The van der Waals surface area contributed by atoms with Crippen LogP contribution in [0.2, 0.25) is 0 Å². The maximum Gasteiger partial charge on any atom is 0.239 e. The lowest BCUT2D eigenvalue weighted by Gasteiger charge is -2.06. The minimum absolute atomic E-state index is 0.0697. The number of carbonyl (C=O) groups excluding carboxylic acids is 1. The van der Waals surface area contributed by atoms with Crippen molar-refractivity contribution < 1.29 is 4.79 Å². The van der Waals surface area contributed by atoms with Crippen molar-refractivity contribution in [3.63, 3.8) is 0 Å². The van der Waals surface area contributed by atoms with E-state index in [4.69, 9.17) is 11.6 Å². The summed E-state index contributed by atoms with van der Waals surface area (Å²) in [5.74, 6) is -0.307. The molecule has 2 aromatic heterocycles. The zero-order chi connectivity index (χ0) is 13.9. The summed E-state index contributed by atoms with van der Waals surface area (Å²) in [4.78, 5) is 22.9. The van der Waals surface area contributed by atoms with Gasteiger partial charge in [0.2, 0.25) is 5.91 Å². The van der Waals surface area contributed by atoms with Crippen LogP contribution < -0.4 is 5.32 Å². The van der Waals surface area contributed by atoms with Gasteiger partial charge in [0.05, 0.1) is 5.69 Å². The number of hydrogen-bond donors (Lipinski definition) is 2. The maximum atomic E-state index is 11.3. The smallest absolute Gasteiger partial charge is 0.239 e. The Morgan fingerprint density at radius 1 is 1.30 bits per heavy atom. The molecule has 0 saturated heterocycles. The van der Waals surface area contributed by atoms with Crippen molar-refractivity contribution in [3.05, 3.63) is 42.9 Å². The molecule has 0 atom stereocenters. The third-order valence-electron chi connectivity index (χ3n) is 2.90. The number of benzene rings is 1. The first-order valence-electron chi connectivity index (χ1n) is 6.02. The number of fused-ring (bicyclic) bond motifs is 1. The van der Waals surface area contributed by atoms with Crippen LogP contribution in [0.4, 0.5) is 5.69 Å². The molecule has 0 aliphatic carbocycles. The summed E-state index contributed by atoms with van der Waals surface area (Å²) in [5, 5.41) is 3.66. The van der Waals surface area contributed by atoms with Gasteiger partial charge in [-0.15, -0.1) is 11.6 Å². The minimum Gasteiger partial charge on any atom is -0.346 e. The number of hydrogen-bond acceptors (Lipinski definition) is 3. The SMILES string of the molecule is O=C(CCl)Nc1cccc(-c2ncnc3[nH]ccc23)c1. The van der Waals surface area contributed by atoms with E-state index in [9.17, 15) is 4.79 Å². The van der Waals surface area contributed by atoms with Gasteiger partial charge in [-0.2, -0.15) is 0 Å². The molecule has 100 valence electrons. The van der Waals surface area contributed by atoms with Gasteiger partial charge < -0.3 is 10.3 Å². The Bertz CT molecular complexity index is 768.